The summed E-state index contributed by atoms with van der Waals surface area (Å²) >= 11 is 0. The fraction of sp³-hybridized carbons (Fsp3) is 0.667. The van der Waals surface area contributed by atoms with Crippen LogP contribution in [0.2, 0.25) is 0 Å². The lowest BCUT2D eigenvalue weighted by Crippen LogP contribution is -2.43. The summed E-state index contributed by atoms with van der Waals surface area (Å²) < 4.78 is 0. The number of hydrogen-bond donors (Lipinski definition) is 1. The molecule has 2 heterocycles. The van der Waals surface area contributed by atoms with Crippen molar-refractivity contribution in [2.75, 3.05) is 19.6 Å². The molecule has 0 amide bonds. The highest BCUT2D eigenvalue weighted by molar-refractivity contribution is 5.13. The van der Waals surface area contributed by atoms with Crippen LogP contribution in [-0.2, 0) is 0 Å². The van der Waals surface area contributed by atoms with Crippen molar-refractivity contribution in [3.8, 4) is 0 Å². The lowest BCUT2D eigenvalue weighted by atomic mass is 10.0. The average Bonchev–Trinajstić information content (AvgIpc) is 2.42. The lowest BCUT2D eigenvalue weighted by molar-refractivity contribution is 0.192. The van der Waals surface area contributed by atoms with Crippen LogP contribution in [-0.4, -0.2) is 35.6 Å². The lowest BCUT2D eigenvalue weighted by Gasteiger charge is -2.33. The van der Waals surface area contributed by atoms with E-state index in [4.69, 9.17) is 0 Å². The molecular weight excluding hydrogens is 222 g/mol. The first kappa shape index (κ1) is 13.5. The van der Waals surface area contributed by atoms with E-state index >= 15 is 0 Å². The molecule has 1 atom stereocenters. The Labute approximate surface area is 111 Å². The summed E-state index contributed by atoms with van der Waals surface area (Å²) in [4.78, 5) is 6.76. The van der Waals surface area contributed by atoms with E-state index < -0.39 is 0 Å². The van der Waals surface area contributed by atoms with Gasteiger partial charge in [-0.15, -0.1) is 0 Å². The van der Waals surface area contributed by atoms with Gasteiger partial charge in [-0.05, 0) is 57.5 Å². The Morgan fingerprint density at radius 2 is 2.22 bits per heavy atom. The fourth-order valence-electron chi connectivity index (χ4n) is 2.72. The van der Waals surface area contributed by atoms with Gasteiger partial charge in [0.05, 0.1) is 0 Å². The van der Waals surface area contributed by atoms with Crippen LogP contribution in [0.15, 0.2) is 24.5 Å². The monoisotopic (exact) mass is 247 g/mol. The van der Waals surface area contributed by atoms with Gasteiger partial charge >= 0.3 is 0 Å². The number of piperidine rings is 1. The van der Waals surface area contributed by atoms with Crippen molar-refractivity contribution >= 4 is 0 Å². The smallest absolute Gasteiger partial charge is 0.0315 e. The second kappa shape index (κ2) is 6.86. The van der Waals surface area contributed by atoms with Crippen LogP contribution in [0.1, 0.15) is 44.7 Å². The molecule has 18 heavy (non-hydrogen) atoms. The van der Waals surface area contributed by atoms with Crippen LogP contribution in [0.4, 0.5) is 0 Å². The summed E-state index contributed by atoms with van der Waals surface area (Å²) in [5, 5.41) is 3.73. The molecule has 1 aliphatic heterocycles. The molecule has 0 bridgehead atoms. The van der Waals surface area contributed by atoms with Crippen molar-refractivity contribution in [1.29, 1.82) is 0 Å². The van der Waals surface area contributed by atoms with Gasteiger partial charge in [0.2, 0.25) is 0 Å². The third-order valence-electron chi connectivity index (χ3n) is 3.80. The standard InChI is InChI=1S/C15H25N3/c1-3-9-18-10-6-15(7-11-18)17-13(2)14-5-4-8-16-12-14/h4-5,8,12-13,15,17H,3,6-7,9-11H2,1-2H3. The van der Waals surface area contributed by atoms with E-state index in [0.29, 0.717) is 12.1 Å². The highest BCUT2D eigenvalue weighted by Crippen LogP contribution is 2.16. The molecule has 0 saturated carbocycles. The van der Waals surface area contributed by atoms with E-state index in [1.54, 1.807) is 0 Å². The summed E-state index contributed by atoms with van der Waals surface area (Å²) in [6.45, 7) is 8.23. The molecule has 100 valence electrons. The van der Waals surface area contributed by atoms with Crippen molar-refractivity contribution in [2.24, 2.45) is 0 Å². The van der Waals surface area contributed by atoms with Gasteiger partial charge in [0.15, 0.2) is 0 Å². The normalized spacial score (nSPS) is 19.9. The number of nitrogens with one attached hydrogen (secondary N) is 1. The van der Waals surface area contributed by atoms with E-state index in [1.807, 2.05) is 18.5 Å². The average molecular weight is 247 g/mol. The highest BCUT2D eigenvalue weighted by atomic mass is 15.1. The minimum absolute atomic E-state index is 0.404. The van der Waals surface area contributed by atoms with Gasteiger partial charge in [-0.3, -0.25) is 4.98 Å². The Balaban J connectivity index is 1.78. The van der Waals surface area contributed by atoms with Crippen molar-refractivity contribution < 1.29 is 0 Å². The van der Waals surface area contributed by atoms with E-state index in [9.17, 15) is 0 Å². The number of likely N-dealkylation sites (tertiary alicyclic amines) is 1. The number of hydrogen-bond acceptors (Lipinski definition) is 3. The Morgan fingerprint density at radius 1 is 1.44 bits per heavy atom. The summed E-state index contributed by atoms with van der Waals surface area (Å²) in [6, 6.07) is 5.23. The minimum atomic E-state index is 0.404. The Bertz CT molecular complexity index is 331. The Morgan fingerprint density at radius 3 is 2.83 bits per heavy atom. The molecule has 0 radical (unpaired) electrons. The largest absolute Gasteiger partial charge is 0.307 e. The van der Waals surface area contributed by atoms with Gasteiger partial charge in [-0.25, -0.2) is 0 Å². The molecular formula is C15H25N3. The van der Waals surface area contributed by atoms with Gasteiger partial charge in [0.1, 0.15) is 0 Å². The number of pyridine rings is 1. The van der Waals surface area contributed by atoms with Crippen LogP contribution < -0.4 is 5.32 Å². The molecule has 1 N–H and O–H groups in total. The van der Waals surface area contributed by atoms with Crippen LogP contribution in [0, 0.1) is 0 Å². The predicted octanol–water partition coefficient (Wildman–Crippen LogP) is 2.61. The van der Waals surface area contributed by atoms with E-state index in [-0.39, 0.29) is 0 Å². The summed E-state index contributed by atoms with van der Waals surface area (Å²) in [5.74, 6) is 0. The molecule has 1 fully saturated rings. The maximum atomic E-state index is 4.19. The third-order valence-corrected chi connectivity index (χ3v) is 3.80. The minimum Gasteiger partial charge on any atom is -0.307 e. The summed E-state index contributed by atoms with van der Waals surface area (Å²) in [7, 11) is 0. The van der Waals surface area contributed by atoms with Gasteiger partial charge in [-0.1, -0.05) is 13.0 Å². The van der Waals surface area contributed by atoms with Crippen molar-refractivity contribution in [3.05, 3.63) is 30.1 Å². The first-order chi connectivity index (χ1) is 8.79. The molecule has 3 nitrogen and oxygen atoms in total. The summed E-state index contributed by atoms with van der Waals surface area (Å²) in [6.07, 6.45) is 7.60. The summed E-state index contributed by atoms with van der Waals surface area (Å²) in [5.41, 5.74) is 1.29. The number of nitrogens with zero attached hydrogens (tertiary/aromatic N) is 2. The Hall–Kier alpha value is -0.930. The van der Waals surface area contributed by atoms with Crippen LogP contribution in [0.3, 0.4) is 0 Å². The molecule has 0 spiro atoms. The van der Waals surface area contributed by atoms with Crippen molar-refractivity contribution in [3.63, 3.8) is 0 Å². The molecule has 0 aliphatic carbocycles. The quantitative estimate of drug-likeness (QED) is 0.867. The maximum absolute atomic E-state index is 4.19. The zero-order chi connectivity index (χ0) is 12.8. The van der Waals surface area contributed by atoms with Gasteiger partial charge in [0.25, 0.3) is 0 Å². The van der Waals surface area contributed by atoms with E-state index in [1.165, 1.54) is 44.5 Å². The maximum Gasteiger partial charge on any atom is 0.0315 e. The molecule has 1 aromatic heterocycles. The molecule has 1 aliphatic rings. The molecule has 1 aromatic rings. The van der Waals surface area contributed by atoms with Gasteiger partial charge in [0, 0.05) is 24.5 Å². The fourth-order valence-corrected chi connectivity index (χ4v) is 2.72. The van der Waals surface area contributed by atoms with Crippen LogP contribution in [0.5, 0.6) is 0 Å². The first-order valence-electron chi connectivity index (χ1n) is 7.18. The highest BCUT2D eigenvalue weighted by Gasteiger charge is 2.20. The third kappa shape index (κ3) is 3.79. The molecule has 2 rings (SSSR count). The number of rotatable bonds is 5. The van der Waals surface area contributed by atoms with Crippen LogP contribution in [0.25, 0.3) is 0 Å². The molecule has 3 heteroatoms. The van der Waals surface area contributed by atoms with Crippen LogP contribution >= 0.6 is 0 Å². The van der Waals surface area contributed by atoms with E-state index in [0.717, 1.165) is 0 Å². The topological polar surface area (TPSA) is 28.2 Å². The second-order valence-electron chi connectivity index (χ2n) is 5.29. The zero-order valence-electron chi connectivity index (χ0n) is 11.6. The predicted molar refractivity (Wildman–Crippen MR) is 75.5 cm³/mol. The van der Waals surface area contributed by atoms with Crippen molar-refractivity contribution in [2.45, 2.75) is 45.2 Å². The molecule has 1 saturated heterocycles. The van der Waals surface area contributed by atoms with E-state index in [2.05, 4.69) is 35.1 Å². The van der Waals surface area contributed by atoms with Gasteiger partial charge < -0.3 is 10.2 Å². The molecule has 1 unspecified atom stereocenters. The SMILES string of the molecule is CCCN1CCC(NC(C)c2cccnc2)CC1. The number of aromatic nitrogens is 1. The van der Waals surface area contributed by atoms with Gasteiger partial charge in [-0.2, -0.15) is 0 Å². The molecule has 0 aromatic carbocycles. The Kier molecular flexibility index (Phi) is 5.14. The zero-order valence-corrected chi connectivity index (χ0v) is 11.6. The van der Waals surface area contributed by atoms with Crippen molar-refractivity contribution in [1.82, 2.24) is 15.2 Å². The first-order valence-corrected chi connectivity index (χ1v) is 7.18. The second-order valence-corrected chi connectivity index (χ2v) is 5.29.